The van der Waals surface area contributed by atoms with Crippen molar-refractivity contribution in [3.8, 4) is 0 Å². The van der Waals surface area contributed by atoms with Crippen molar-refractivity contribution in [3.05, 3.63) is 0 Å². The second-order valence-electron chi connectivity index (χ2n) is 44.2. The molecule has 0 aromatic heterocycles. The first-order chi connectivity index (χ1) is 66.8. The number of hydrogen-bond acceptors (Lipinski definition) is 21. The Morgan fingerprint density at radius 2 is 0.557 bits per heavy atom. The van der Waals surface area contributed by atoms with Crippen molar-refractivity contribution in [2.75, 3.05) is 13.2 Å². The molecule has 2 amide bonds. The molecule has 0 radical (unpaired) electrons. The standard InChI is InChI=1S/C116H223N2O21P/c1-21-28-35-42-49-51-52-54-61-68-74-81-94(13)112(127)134-101(90(9)77-70-63-56-45-38-31-24-4)84-104(122)117-115(19,98(17)120)110(137-106(124)83-100(121)89(8)76-69-62-55-44-37-30-23-3)108(126)97(16)88-133-99(18)116(20,118-105(123)85-102(91(10)78-71-64-57-46-39-32-25-5)135-113(128)93(12)80-73-66-59-48-41-34-27-7)111(109(96(15)87-119)139-140(130,131)132)138-107(125)86-103(92(11)79-72-65-58-47-40-33-26-6)136-114(129)95(14)82-75-67-60-53-50-43-36-29-22-2/h89-103,108-111,119-121,126H,21-88H2,1-20H3,(H,117,122)(H,118,123)(H2,130,131,132). The lowest BCUT2D eigenvalue weighted by molar-refractivity contribution is -0.252. The Balaban J connectivity index is 8.94. The highest BCUT2D eigenvalue weighted by Crippen LogP contribution is 2.47. The second-order valence-corrected chi connectivity index (χ2v) is 45.4. The molecule has 0 bridgehead atoms. The molecule has 0 fully saturated rings. The van der Waals surface area contributed by atoms with Crippen molar-refractivity contribution < 1.29 is 102 Å². The first-order valence-corrected chi connectivity index (χ1v) is 60.0. The smallest absolute Gasteiger partial charge is 0.374 e. The van der Waals surface area contributed by atoms with Gasteiger partial charge in [0.15, 0.2) is 18.3 Å². The average Bonchev–Trinajstić information content (AvgIpc) is 0.785. The zero-order valence-electron chi connectivity index (χ0n) is 93.8. The predicted molar refractivity (Wildman–Crippen MR) is 572 cm³/mol. The number of aliphatic hydroxyl groups is 4. The predicted octanol–water partition coefficient (Wildman–Crippen LogP) is 27.8. The molecule has 0 spiro atoms. The summed E-state index contributed by atoms with van der Waals surface area (Å²) in [6, 6.07) is 0. The summed E-state index contributed by atoms with van der Waals surface area (Å²) in [5.74, 6) is -10.1. The van der Waals surface area contributed by atoms with Crippen LogP contribution < -0.4 is 15.5 Å². The molecule has 140 heavy (non-hydrogen) atoms. The summed E-state index contributed by atoms with van der Waals surface area (Å²) < 4.78 is 45.2. The van der Waals surface area contributed by atoms with Crippen LogP contribution in [-0.2, 0) is 66.5 Å². The molecule has 0 aliphatic rings. The van der Waals surface area contributed by atoms with Gasteiger partial charge in [0, 0.05) is 18.4 Å². The van der Waals surface area contributed by atoms with Gasteiger partial charge in [-0.05, 0) is 96.3 Å². The van der Waals surface area contributed by atoms with E-state index >= 15 is 14.4 Å². The van der Waals surface area contributed by atoms with Crippen LogP contribution in [0.5, 0.6) is 0 Å². The summed E-state index contributed by atoms with van der Waals surface area (Å²) in [4.78, 5) is 141. The van der Waals surface area contributed by atoms with Gasteiger partial charge in [0.25, 0.3) is 0 Å². The Bertz CT molecular complexity index is 3020. The number of carbonyl (C=O) groups excluding carboxylic acids is 7. The number of amides is 2. The first-order valence-electron chi connectivity index (χ1n) is 58.5. The molecule has 0 saturated heterocycles. The van der Waals surface area contributed by atoms with E-state index in [1.54, 1.807) is 6.92 Å². The zero-order chi connectivity index (χ0) is 105. The number of ether oxygens (including phenoxy) is 6. The van der Waals surface area contributed by atoms with Crippen LogP contribution in [0.15, 0.2) is 0 Å². The Morgan fingerprint density at radius 3 is 0.836 bits per heavy atom. The molecule has 21 atom stereocenters. The summed E-state index contributed by atoms with van der Waals surface area (Å²) in [6.45, 7) is 36.1. The van der Waals surface area contributed by atoms with E-state index in [-0.39, 0.29) is 24.2 Å². The number of phosphoric acid groups is 1. The van der Waals surface area contributed by atoms with E-state index in [4.69, 9.17) is 32.9 Å². The van der Waals surface area contributed by atoms with Gasteiger partial charge in [-0.25, -0.2) is 0 Å². The lowest BCUT2D eigenvalue weighted by Gasteiger charge is -2.46. The van der Waals surface area contributed by atoms with Crippen LogP contribution in [-0.4, -0.2) is 157 Å². The largest absolute Gasteiger partial charge is 0.606 e. The highest BCUT2D eigenvalue weighted by Gasteiger charge is 2.55. The number of carbonyl (C=O) groups is 7. The number of hydrogen-bond donors (Lipinski definition) is 8. The molecule has 0 aromatic rings. The molecule has 0 aliphatic heterocycles. The van der Waals surface area contributed by atoms with E-state index in [1.165, 1.54) is 112 Å². The average molecular weight is 2010 g/mol. The van der Waals surface area contributed by atoms with E-state index in [0.717, 1.165) is 276 Å². The molecule has 23 nitrogen and oxygen atoms in total. The minimum atomic E-state index is -5.66. The molecule has 0 heterocycles. The van der Waals surface area contributed by atoms with Gasteiger partial charge in [0.1, 0.15) is 29.4 Å². The number of esters is 5. The summed E-state index contributed by atoms with van der Waals surface area (Å²) >= 11 is 0. The first kappa shape index (κ1) is 136. The van der Waals surface area contributed by atoms with E-state index < -0.39 is 190 Å². The van der Waals surface area contributed by atoms with Crippen LogP contribution in [0.25, 0.3) is 0 Å². The molecule has 0 aliphatic carbocycles. The molecule has 21 unspecified atom stereocenters. The van der Waals surface area contributed by atoms with Crippen molar-refractivity contribution in [2.24, 2.45) is 53.3 Å². The van der Waals surface area contributed by atoms with Crippen molar-refractivity contribution in [3.63, 3.8) is 0 Å². The van der Waals surface area contributed by atoms with Crippen molar-refractivity contribution in [1.82, 2.24) is 10.6 Å². The van der Waals surface area contributed by atoms with Gasteiger partial charge in [0.2, 0.25) is 11.8 Å². The topological polar surface area (TPSA) is 353 Å². The van der Waals surface area contributed by atoms with E-state index in [0.29, 0.717) is 44.9 Å². The molecular weight excluding hydrogens is 1790 g/mol. The highest BCUT2D eigenvalue weighted by atomic mass is 31.2. The molecule has 24 heteroatoms. The maximum Gasteiger partial charge on any atom is 0.374 e. The van der Waals surface area contributed by atoms with Crippen molar-refractivity contribution in [2.45, 2.75) is 634 Å². The molecular formula is C116H223N2O21P. The zero-order valence-corrected chi connectivity index (χ0v) is 94.7. The molecule has 0 saturated carbocycles. The Hall–Kier alpha value is -3.64. The number of aliphatic hydroxyl groups excluding tert-OH is 4. The third kappa shape index (κ3) is 65.3. The third-order valence-corrected chi connectivity index (χ3v) is 31.0. The summed E-state index contributed by atoms with van der Waals surface area (Å²) in [6.07, 6.45) is 46.4. The van der Waals surface area contributed by atoms with Crippen LogP contribution in [0.4, 0.5) is 0 Å². The van der Waals surface area contributed by atoms with Crippen LogP contribution in [0.3, 0.4) is 0 Å². The van der Waals surface area contributed by atoms with E-state index in [9.17, 15) is 54.3 Å². The molecule has 0 rings (SSSR count). The Labute approximate surface area is 858 Å². The van der Waals surface area contributed by atoms with Gasteiger partial charge in [-0.2, -0.15) is 14.3 Å². The maximum absolute atomic E-state index is 15.9. The van der Waals surface area contributed by atoms with Gasteiger partial charge in [-0.15, -0.1) is 0 Å². The lowest BCUT2D eigenvalue weighted by Crippen LogP contribution is -2.68. The maximum atomic E-state index is 15.9. The fourth-order valence-corrected chi connectivity index (χ4v) is 20.1. The van der Waals surface area contributed by atoms with Gasteiger partial charge in [0.05, 0.1) is 74.5 Å². The van der Waals surface area contributed by atoms with Gasteiger partial charge in [-0.1, -0.05) is 464 Å². The summed E-state index contributed by atoms with van der Waals surface area (Å²) in [5.41, 5.74) is -4.25. The summed E-state index contributed by atoms with van der Waals surface area (Å²) in [5, 5.41) is 55.0. The van der Waals surface area contributed by atoms with Crippen LogP contribution >= 0.6 is 8.17 Å². The van der Waals surface area contributed by atoms with Crippen molar-refractivity contribution in [1.29, 1.82) is 0 Å². The SMILES string of the molecule is CCCCCCCCCCCCCC(C)C(=O)OC(CC(=O)NC(C)(C(C)O)C(OC(=O)CC(O)C(C)CCCCCCCCC)C(O)C(C)COC(C)C(C)(NC(=O)CC(OC(=O)C(C)CCCCCCCCC)C(C)CCCCCCCCC)C(OC(=O)CC(OC(=O)C(C)CCCCCCCCCCC)C(C)CCCCCCCCC)C(O[P+]([O-])(O)O)C(C)CO)C(C)CCCCCCCCC. The number of unbranched alkanes of at least 4 members (excludes halogenated alkanes) is 48. The molecule has 828 valence electrons. The van der Waals surface area contributed by atoms with Crippen LogP contribution in [0.1, 0.15) is 562 Å². The summed E-state index contributed by atoms with van der Waals surface area (Å²) in [7, 11) is -5.66. The number of nitrogens with one attached hydrogen (secondary N) is 2. The van der Waals surface area contributed by atoms with E-state index in [1.807, 2.05) is 48.5 Å². The fraction of sp³-hybridized carbons (Fsp3) is 0.940. The number of rotatable bonds is 98. The molecule has 0 aromatic carbocycles. The minimum Gasteiger partial charge on any atom is -0.606 e. The molecule has 8 N–H and O–H groups in total. The Morgan fingerprint density at radius 1 is 0.307 bits per heavy atom. The third-order valence-electron chi connectivity index (χ3n) is 30.5. The number of phosphoric ester groups is 1. The fourth-order valence-electron chi connectivity index (χ4n) is 19.4. The van der Waals surface area contributed by atoms with Gasteiger partial charge >= 0.3 is 38.0 Å². The minimum absolute atomic E-state index is 0.289. The normalized spacial score (nSPS) is 17.0. The second kappa shape index (κ2) is 85.2. The highest BCUT2D eigenvalue weighted by molar-refractivity contribution is 7.51. The van der Waals surface area contributed by atoms with Crippen molar-refractivity contribution >= 4 is 49.8 Å². The Kier molecular flexibility index (Phi) is 83.0. The van der Waals surface area contributed by atoms with E-state index in [2.05, 4.69) is 59.1 Å². The van der Waals surface area contributed by atoms with Crippen LogP contribution in [0.2, 0.25) is 0 Å². The lowest BCUT2D eigenvalue weighted by atomic mass is 9.80. The van der Waals surface area contributed by atoms with Gasteiger partial charge < -0.3 is 64.4 Å². The quantitative estimate of drug-likeness (QED) is 0.0121. The van der Waals surface area contributed by atoms with Crippen LogP contribution in [0, 0.1) is 53.3 Å². The monoisotopic (exact) mass is 2010 g/mol. The van der Waals surface area contributed by atoms with Gasteiger partial charge in [-0.3, -0.25) is 33.6 Å².